The third-order valence-electron chi connectivity index (χ3n) is 3.37. The lowest BCUT2D eigenvalue weighted by Crippen LogP contribution is -2.33. The molecule has 1 aromatic rings. The van der Waals surface area contributed by atoms with Crippen molar-refractivity contribution in [3.8, 4) is 0 Å². The molecule has 0 spiro atoms. The molecule has 0 bridgehead atoms. The second kappa shape index (κ2) is 5.12. The summed E-state index contributed by atoms with van der Waals surface area (Å²) in [6.45, 7) is 4.93. The Hall–Kier alpha value is -1.32. The molecule has 2 N–H and O–H groups in total. The molecule has 0 aliphatic heterocycles. The molecule has 0 amide bonds. The van der Waals surface area contributed by atoms with Crippen LogP contribution in [-0.4, -0.2) is 12.6 Å². The van der Waals surface area contributed by atoms with Crippen LogP contribution >= 0.6 is 0 Å². The predicted octanol–water partition coefficient (Wildman–Crippen LogP) is 3.83. The molecule has 2 nitrogen and oxygen atoms in total. The largest absolute Gasteiger partial charge is 0.399 e. The van der Waals surface area contributed by atoms with Crippen LogP contribution in [0.3, 0.4) is 0 Å². The number of anilines is 2. The van der Waals surface area contributed by atoms with E-state index in [1.807, 2.05) is 13.8 Å². The summed E-state index contributed by atoms with van der Waals surface area (Å²) in [7, 11) is 0. The molecule has 0 atom stereocenters. The summed E-state index contributed by atoms with van der Waals surface area (Å²) in [5.74, 6) is 0.662. The molecule has 100 valence electrons. The van der Waals surface area contributed by atoms with Crippen LogP contribution in [0.2, 0.25) is 0 Å². The van der Waals surface area contributed by atoms with Crippen LogP contribution in [0.25, 0.3) is 0 Å². The summed E-state index contributed by atoms with van der Waals surface area (Å²) in [6, 6.07) is 5.03. The van der Waals surface area contributed by atoms with Gasteiger partial charge in [0.1, 0.15) is 0 Å². The fraction of sp³-hybridized carbons (Fsp3) is 0.571. The van der Waals surface area contributed by atoms with Crippen LogP contribution < -0.4 is 10.6 Å². The molecule has 4 heteroatoms. The Labute approximate surface area is 107 Å². The Morgan fingerprint density at radius 3 is 2.50 bits per heavy atom. The third kappa shape index (κ3) is 2.92. The van der Waals surface area contributed by atoms with Crippen LogP contribution in [-0.2, 0) is 0 Å². The molecule has 1 aliphatic carbocycles. The fourth-order valence-electron chi connectivity index (χ4n) is 2.18. The zero-order valence-electron chi connectivity index (χ0n) is 10.9. The van der Waals surface area contributed by atoms with Gasteiger partial charge in [-0.15, -0.1) is 0 Å². The van der Waals surface area contributed by atoms with Crippen molar-refractivity contribution in [3.63, 3.8) is 0 Å². The molecule has 0 heterocycles. The lowest BCUT2D eigenvalue weighted by Gasteiger charge is -2.31. The summed E-state index contributed by atoms with van der Waals surface area (Å²) in [5.41, 5.74) is 6.67. The highest BCUT2D eigenvalue weighted by molar-refractivity contribution is 5.60. The topological polar surface area (TPSA) is 29.3 Å². The molecule has 0 saturated heterocycles. The Morgan fingerprint density at radius 1 is 1.33 bits per heavy atom. The van der Waals surface area contributed by atoms with Crippen molar-refractivity contribution >= 4 is 11.4 Å². The van der Waals surface area contributed by atoms with E-state index >= 15 is 0 Å². The molecule has 0 unspecified atom stereocenters. The Bertz CT molecular complexity index is 414. The van der Waals surface area contributed by atoms with Gasteiger partial charge >= 0.3 is 0 Å². The Kier molecular flexibility index (Phi) is 3.73. The SMILES string of the molecule is CC(C)N(CC1CC1)c1ccc(N)cc1C(F)F. The van der Waals surface area contributed by atoms with Gasteiger partial charge in [0.2, 0.25) is 0 Å². The summed E-state index contributed by atoms with van der Waals surface area (Å²) < 4.78 is 26.2. The van der Waals surface area contributed by atoms with Gasteiger partial charge in [-0.3, -0.25) is 0 Å². The van der Waals surface area contributed by atoms with Gasteiger partial charge in [0.15, 0.2) is 0 Å². The molecule has 1 aromatic carbocycles. The molecular weight excluding hydrogens is 234 g/mol. The number of rotatable bonds is 5. The van der Waals surface area contributed by atoms with Crippen LogP contribution in [0.4, 0.5) is 20.2 Å². The minimum atomic E-state index is -2.48. The van der Waals surface area contributed by atoms with E-state index in [2.05, 4.69) is 4.90 Å². The maximum atomic E-state index is 13.1. The second-order valence-electron chi connectivity index (χ2n) is 5.31. The van der Waals surface area contributed by atoms with Gasteiger partial charge in [-0.05, 0) is 50.8 Å². The van der Waals surface area contributed by atoms with Crippen LogP contribution in [0.15, 0.2) is 18.2 Å². The zero-order chi connectivity index (χ0) is 13.3. The highest BCUT2D eigenvalue weighted by atomic mass is 19.3. The van der Waals surface area contributed by atoms with E-state index < -0.39 is 6.43 Å². The van der Waals surface area contributed by atoms with Gasteiger partial charge in [-0.1, -0.05) is 0 Å². The normalized spacial score (nSPS) is 15.4. The first kappa shape index (κ1) is 13.1. The van der Waals surface area contributed by atoms with Gasteiger partial charge in [0.25, 0.3) is 6.43 Å². The van der Waals surface area contributed by atoms with Crippen molar-refractivity contribution in [2.75, 3.05) is 17.2 Å². The molecule has 18 heavy (non-hydrogen) atoms. The van der Waals surface area contributed by atoms with Gasteiger partial charge in [-0.2, -0.15) is 0 Å². The first-order chi connectivity index (χ1) is 8.49. The summed E-state index contributed by atoms with van der Waals surface area (Å²) in [5, 5.41) is 0. The summed E-state index contributed by atoms with van der Waals surface area (Å²) in [6.07, 6.45) is -0.0614. The molecule has 1 fully saturated rings. The van der Waals surface area contributed by atoms with Crippen molar-refractivity contribution in [1.82, 2.24) is 0 Å². The zero-order valence-corrected chi connectivity index (χ0v) is 10.9. The number of hydrogen-bond donors (Lipinski definition) is 1. The van der Waals surface area contributed by atoms with Crippen molar-refractivity contribution in [1.29, 1.82) is 0 Å². The van der Waals surface area contributed by atoms with Crippen molar-refractivity contribution in [2.45, 2.75) is 39.2 Å². The average Bonchev–Trinajstić information content (AvgIpc) is 3.09. The van der Waals surface area contributed by atoms with Crippen LogP contribution in [0, 0.1) is 5.92 Å². The predicted molar refractivity (Wildman–Crippen MR) is 71.0 cm³/mol. The number of alkyl halides is 2. The highest BCUT2D eigenvalue weighted by Crippen LogP contribution is 2.36. The van der Waals surface area contributed by atoms with E-state index in [4.69, 9.17) is 5.73 Å². The van der Waals surface area contributed by atoms with E-state index in [9.17, 15) is 8.78 Å². The summed E-state index contributed by atoms with van der Waals surface area (Å²) >= 11 is 0. The number of hydrogen-bond acceptors (Lipinski definition) is 2. The Balaban J connectivity index is 2.32. The number of nitrogens with zero attached hydrogens (tertiary/aromatic N) is 1. The highest BCUT2D eigenvalue weighted by Gasteiger charge is 2.28. The number of benzene rings is 1. The minimum Gasteiger partial charge on any atom is -0.399 e. The molecule has 1 aliphatic rings. The molecular formula is C14H20F2N2. The van der Waals surface area contributed by atoms with Gasteiger partial charge < -0.3 is 10.6 Å². The minimum absolute atomic E-state index is 0.0457. The number of nitrogen functional groups attached to an aromatic ring is 1. The molecule has 2 rings (SSSR count). The molecule has 0 aromatic heterocycles. The third-order valence-corrected chi connectivity index (χ3v) is 3.37. The average molecular weight is 254 g/mol. The lowest BCUT2D eigenvalue weighted by atomic mass is 10.1. The Morgan fingerprint density at radius 2 is 2.00 bits per heavy atom. The van der Waals surface area contributed by atoms with Crippen molar-refractivity contribution in [2.24, 2.45) is 5.92 Å². The molecule has 0 radical (unpaired) electrons. The van der Waals surface area contributed by atoms with E-state index in [-0.39, 0.29) is 11.6 Å². The smallest absolute Gasteiger partial charge is 0.265 e. The first-order valence-electron chi connectivity index (χ1n) is 6.43. The van der Waals surface area contributed by atoms with E-state index in [0.717, 1.165) is 6.54 Å². The van der Waals surface area contributed by atoms with E-state index in [1.54, 1.807) is 12.1 Å². The van der Waals surface area contributed by atoms with Gasteiger partial charge in [0, 0.05) is 29.5 Å². The van der Waals surface area contributed by atoms with Crippen LogP contribution in [0.5, 0.6) is 0 Å². The monoisotopic (exact) mass is 254 g/mol. The first-order valence-corrected chi connectivity index (χ1v) is 6.43. The lowest BCUT2D eigenvalue weighted by molar-refractivity contribution is 0.151. The van der Waals surface area contributed by atoms with Crippen molar-refractivity contribution in [3.05, 3.63) is 23.8 Å². The standard InChI is InChI=1S/C14H20F2N2/c1-9(2)18(8-10-3-4-10)13-6-5-11(17)7-12(13)14(15)16/h5-7,9-10,14H,3-4,8,17H2,1-2H3. The molecule has 1 saturated carbocycles. The maximum Gasteiger partial charge on any atom is 0.265 e. The second-order valence-corrected chi connectivity index (χ2v) is 5.31. The quantitative estimate of drug-likeness (QED) is 0.809. The van der Waals surface area contributed by atoms with Gasteiger partial charge in [0.05, 0.1) is 0 Å². The fourth-order valence-corrected chi connectivity index (χ4v) is 2.18. The summed E-state index contributed by atoms with van der Waals surface area (Å²) in [4.78, 5) is 2.07. The maximum absolute atomic E-state index is 13.1. The van der Waals surface area contributed by atoms with Gasteiger partial charge in [-0.25, -0.2) is 8.78 Å². The van der Waals surface area contributed by atoms with E-state index in [1.165, 1.54) is 18.9 Å². The number of nitrogens with two attached hydrogens (primary N) is 1. The van der Waals surface area contributed by atoms with Crippen molar-refractivity contribution < 1.29 is 8.78 Å². The van der Waals surface area contributed by atoms with Crippen LogP contribution in [0.1, 0.15) is 38.7 Å². The van der Waals surface area contributed by atoms with E-state index in [0.29, 0.717) is 17.3 Å². The number of halogens is 2.